The summed E-state index contributed by atoms with van der Waals surface area (Å²) >= 11 is 0. The number of fused-ring (bicyclic) bond motifs is 1. The number of amides is 2. The highest BCUT2D eigenvalue weighted by atomic mass is 32.2. The van der Waals surface area contributed by atoms with E-state index in [2.05, 4.69) is 20.2 Å². The Morgan fingerprint density at radius 3 is 2.39 bits per heavy atom. The van der Waals surface area contributed by atoms with Crippen molar-refractivity contribution < 1.29 is 22.5 Å². The summed E-state index contributed by atoms with van der Waals surface area (Å²) < 4.78 is 34.2. The normalized spacial score (nSPS) is 19.2. The zero-order valence-electron chi connectivity index (χ0n) is 15.3. The first-order valence-electron chi connectivity index (χ1n) is 9.15. The van der Waals surface area contributed by atoms with Crippen LogP contribution >= 0.6 is 0 Å². The van der Waals surface area contributed by atoms with Gasteiger partial charge in [0, 0.05) is 6.92 Å². The van der Waals surface area contributed by atoms with E-state index in [1.54, 1.807) is 6.92 Å². The third-order valence-electron chi connectivity index (χ3n) is 5.26. The van der Waals surface area contributed by atoms with Crippen molar-refractivity contribution in [2.24, 2.45) is 0 Å². The lowest BCUT2D eigenvalue weighted by atomic mass is 9.91. The summed E-state index contributed by atoms with van der Waals surface area (Å²) in [6.07, 6.45) is 4.77. The maximum Gasteiger partial charge on any atom is 0.258 e. The molecule has 2 aromatic rings. The van der Waals surface area contributed by atoms with Gasteiger partial charge in [0.15, 0.2) is 5.82 Å². The summed E-state index contributed by atoms with van der Waals surface area (Å²) in [5, 5.41) is 6.15. The second-order valence-electron chi connectivity index (χ2n) is 7.23. The monoisotopic (exact) mass is 404 g/mol. The van der Waals surface area contributed by atoms with Crippen molar-refractivity contribution in [3.05, 3.63) is 41.0 Å². The Labute approximate surface area is 161 Å². The first kappa shape index (κ1) is 18.8. The van der Waals surface area contributed by atoms with E-state index in [0.29, 0.717) is 24.6 Å². The molecule has 0 spiro atoms. The number of nitrogens with zero attached hydrogens (tertiary/aromatic N) is 2. The molecule has 4 rings (SSSR count). The summed E-state index contributed by atoms with van der Waals surface area (Å²) in [4.78, 5) is 27.8. The first-order valence-corrected chi connectivity index (χ1v) is 10.6. The van der Waals surface area contributed by atoms with E-state index in [9.17, 15) is 18.0 Å². The molecule has 2 heterocycles. The van der Waals surface area contributed by atoms with Crippen LogP contribution in [0.3, 0.4) is 0 Å². The highest BCUT2D eigenvalue weighted by Crippen LogP contribution is 2.36. The van der Waals surface area contributed by atoms with E-state index in [-0.39, 0.29) is 16.0 Å². The van der Waals surface area contributed by atoms with Gasteiger partial charge in [-0.2, -0.15) is 9.71 Å². The summed E-state index contributed by atoms with van der Waals surface area (Å²) in [6.45, 7) is 1.66. The van der Waals surface area contributed by atoms with Gasteiger partial charge in [0.25, 0.3) is 11.8 Å². The number of hydrogen-bond donors (Lipinski definition) is 2. The fraction of sp³-hybridized carbons (Fsp3) is 0.444. The minimum Gasteiger partial charge on any atom is -0.340 e. The van der Waals surface area contributed by atoms with Crippen LogP contribution in [0.4, 0.5) is 0 Å². The van der Waals surface area contributed by atoms with Gasteiger partial charge in [-0.05, 0) is 31.0 Å². The van der Waals surface area contributed by atoms with E-state index in [1.165, 1.54) is 18.2 Å². The molecule has 0 saturated heterocycles. The molecule has 9 nitrogen and oxygen atoms in total. The molecule has 0 radical (unpaired) electrons. The fourth-order valence-corrected chi connectivity index (χ4v) is 5.28. The van der Waals surface area contributed by atoms with Crippen LogP contribution < -0.4 is 10.0 Å². The van der Waals surface area contributed by atoms with Gasteiger partial charge in [-0.25, -0.2) is 8.42 Å². The molecule has 1 aromatic carbocycles. The van der Waals surface area contributed by atoms with Gasteiger partial charge in [0.1, 0.15) is 0 Å². The SMILES string of the molecule is Cc1nc(C2(NS(=O)(=O)c3ccc4c(c3)C(=O)NC4=O)CCCCCC2)no1. The van der Waals surface area contributed by atoms with Crippen LogP contribution in [0.15, 0.2) is 27.6 Å². The molecule has 148 valence electrons. The van der Waals surface area contributed by atoms with Crippen LogP contribution in [0.2, 0.25) is 0 Å². The third kappa shape index (κ3) is 3.22. The molecule has 1 fully saturated rings. The van der Waals surface area contributed by atoms with Crippen molar-refractivity contribution in [3.63, 3.8) is 0 Å². The molecule has 0 atom stereocenters. The molecule has 10 heteroatoms. The molecular formula is C18H20N4O5S. The molecule has 0 bridgehead atoms. The fourth-order valence-electron chi connectivity index (χ4n) is 3.83. The number of sulfonamides is 1. The lowest BCUT2D eigenvalue weighted by molar-refractivity contribution is 0.0879. The van der Waals surface area contributed by atoms with Crippen molar-refractivity contribution in [2.75, 3.05) is 0 Å². The second kappa shape index (κ2) is 6.78. The Hall–Kier alpha value is -2.59. The molecule has 1 saturated carbocycles. The van der Waals surface area contributed by atoms with Crippen molar-refractivity contribution >= 4 is 21.8 Å². The van der Waals surface area contributed by atoms with Crippen LogP contribution in [0.25, 0.3) is 0 Å². The van der Waals surface area contributed by atoms with Crippen molar-refractivity contribution in [1.82, 2.24) is 20.2 Å². The lowest BCUT2D eigenvalue weighted by Crippen LogP contribution is -2.46. The van der Waals surface area contributed by atoms with Gasteiger partial charge in [0.05, 0.1) is 21.6 Å². The predicted molar refractivity (Wildman–Crippen MR) is 97.0 cm³/mol. The minimum absolute atomic E-state index is 0.0539. The smallest absolute Gasteiger partial charge is 0.258 e. The maximum atomic E-state index is 13.2. The second-order valence-corrected chi connectivity index (χ2v) is 8.91. The van der Waals surface area contributed by atoms with Crippen LogP contribution in [0, 0.1) is 6.92 Å². The van der Waals surface area contributed by atoms with Gasteiger partial charge >= 0.3 is 0 Å². The van der Waals surface area contributed by atoms with Crippen molar-refractivity contribution in [2.45, 2.75) is 55.9 Å². The molecule has 2 aliphatic rings. The highest BCUT2D eigenvalue weighted by molar-refractivity contribution is 7.89. The number of aryl methyl sites for hydroxylation is 1. The molecule has 28 heavy (non-hydrogen) atoms. The van der Waals surface area contributed by atoms with E-state index >= 15 is 0 Å². The van der Waals surface area contributed by atoms with Gasteiger partial charge in [-0.3, -0.25) is 14.9 Å². The number of imide groups is 1. The van der Waals surface area contributed by atoms with E-state index < -0.39 is 27.4 Å². The Morgan fingerprint density at radius 2 is 1.75 bits per heavy atom. The number of benzene rings is 1. The number of aromatic nitrogens is 2. The Morgan fingerprint density at radius 1 is 1.07 bits per heavy atom. The van der Waals surface area contributed by atoms with Crippen LogP contribution in [-0.4, -0.2) is 30.4 Å². The predicted octanol–water partition coefficient (Wildman–Crippen LogP) is 1.79. The highest BCUT2D eigenvalue weighted by Gasteiger charge is 2.41. The molecule has 1 aliphatic carbocycles. The van der Waals surface area contributed by atoms with Crippen molar-refractivity contribution in [1.29, 1.82) is 0 Å². The summed E-state index contributed by atoms with van der Waals surface area (Å²) in [6, 6.07) is 3.90. The average molecular weight is 404 g/mol. The molecular weight excluding hydrogens is 384 g/mol. The molecule has 1 aromatic heterocycles. The van der Waals surface area contributed by atoms with Gasteiger partial charge in [-0.1, -0.05) is 30.8 Å². The maximum absolute atomic E-state index is 13.2. The third-order valence-corrected chi connectivity index (χ3v) is 6.79. The average Bonchev–Trinajstić information content (AvgIpc) is 3.11. The Bertz CT molecular complexity index is 1050. The quantitative estimate of drug-likeness (QED) is 0.586. The van der Waals surface area contributed by atoms with Gasteiger partial charge < -0.3 is 4.52 Å². The van der Waals surface area contributed by atoms with Gasteiger partial charge in [-0.15, -0.1) is 0 Å². The first-order chi connectivity index (χ1) is 13.3. The molecule has 2 amide bonds. The Balaban J connectivity index is 1.73. The standard InChI is InChI=1S/C18H20N4O5S/c1-11-19-17(21-27-11)18(8-4-2-3-5-9-18)22-28(25,26)12-6-7-13-14(10-12)16(24)20-15(13)23/h6-7,10,22H,2-5,8-9H2,1H3,(H,20,23,24). The number of rotatable bonds is 4. The van der Waals surface area contributed by atoms with Crippen LogP contribution in [0.1, 0.15) is 71.0 Å². The number of hydrogen-bond acceptors (Lipinski definition) is 7. The zero-order valence-corrected chi connectivity index (χ0v) is 16.1. The minimum atomic E-state index is -4.00. The summed E-state index contributed by atoms with van der Waals surface area (Å²) in [5.74, 6) is -0.440. The largest absolute Gasteiger partial charge is 0.340 e. The van der Waals surface area contributed by atoms with E-state index in [1.807, 2.05) is 0 Å². The van der Waals surface area contributed by atoms with E-state index in [0.717, 1.165) is 25.7 Å². The number of carbonyl (C=O) groups excluding carboxylic acids is 2. The lowest BCUT2D eigenvalue weighted by Gasteiger charge is -2.30. The summed E-state index contributed by atoms with van der Waals surface area (Å²) in [5.41, 5.74) is -0.746. The summed E-state index contributed by atoms with van der Waals surface area (Å²) in [7, 11) is -4.00. The Kier molecular flexibility index (Phi) is 4.54. The zero-order chi connectivity index (χ0) is 19.9. The van der Waals surface area contributed by atoms with Gasteiger partial charge in [0.2, 0.25) is 15.9 Å². The van der Waals surface area contributed by atoms with Crippen molar-refractivity contribution in [3.8, 4) is 0 Å². The number of carbonyl (C=O) groups is 2. The van der Waals surface area contributed by atoms with Crippen LogP contribution in [0.5, 0.6) is 0 Å². The number of nitrogens with one attached hydrogen (secondary N) is 2. The van der Waals surface area contributed by atoms with E-state index in [4.69, 9.17) is 4.52 Å². The molecule has 1 aliphatic heterocycles. The van der Waals surface area contributed by atoms with Crippen LogP contribution in [-0.2, 0) is 15.6 Å². The molecule has 0 unspecified atom stereocenters. The topological polar surface area (TPSA) is 131 Å². The molecule has 2 N–H and O–H groups in total.